The van der Waals surface area contributed by atoms with E-state index in [1.165, 1.54) is 35.6 Å². The molecule has 20 heavy (non-hydrogen) atoms. The van der Waals surface area contributed by atoms with Crippen LogP contribution in [0.3, 0.4) is 0 Å². The summed E-state index contributed by atoms with van der Waals surface area (Å²) < 4.78 is 18.9. The first-order valence-corrected chi connectivity index (χ1v) is 6.99. The molecule has 0 amide bonds. The van der Waals surface area contributed by atoms with E-state index in [-0.39, 0.29) is 11.6 Å². The molecule has 0 spiro atoms. The highest BCUT2D eigenvalue weighted by molar-refractivity contribution is 7.21. The van der Waals surface area contributed by atoms with Crippen molar-refractivity contribution < 1.29 is 13.9 Å². The van der Waals surface area contributed by atoms with Gasteiger partial charge in [0.25, 0.3) is 0 Å². The number of rotatable bonds is 2. The van der Waals surface area contributed by atoms with Crippen LogP contribution in [0.2, 0.25) is 5.02 Å². The number of ether oxygens (including phenoxy) is 1. The fraction of sp³-hybridized carbons (Fsp3) is 0. The van der Waals surface area contributed by atoms with Crippen molar-refractivity contribution in [3.05, 3.63) is 64.2 Å². The fourth-order valence-electron chi connectivity index (χ4n) is 1.80. The van der Waals surface area contributed by atoms with Gasteiger partial charge in [-0.15, -0.1) is 11.3 Å². The monoisotopic (exact) mass is 306 g/mol. The second-order valence-corrected chi connectivity index (χ2v) is 5.51. The van der Waals surface area contributed by atoms with Gasteiger partial charge in [-0.1, -0.05) is 29.8 Å². The van der Waals surface area contributed by atoms with E-state index in [1.807, 2.05) is 24.3 Å². The molecule has 0 bridgehead atoms. The summed E-state index contributed by atoms with van der Waals surface area (Å²) >= 11 is 7.47. The highest BCUT2D eigenvalue weighted by Crippen LogP contribution is 2.35. The molecule has 5 heteroatoms. The van der Waals surface area contributed by atoms with Gasteiger partial charge in [0.2, 0.25) is 0 Å². The van der Waals surface area contributed by atoms with Crippen LogP contribution in [0, 0.1) is 5.82 Å². The molecular weight excluding hydrogens is 299 g/mol. The molecule has 0 N–H and O–H groups in total. The average Bonchev–Trinajstić information content (AvgIpc) is 2.79. The van der Waals surface area contributed by atoms with E-state index in [0.29, 0.717) is 9.90 Å². The average molecular weight is 307 g/mol. The Morgan fingerprint density at radius 1 is 1.10 bits per heavy atom. The molecule has 0 radical (unpaired) electrons. The zero-order valence-corrected chi connectivity index (χ0v) is 11.7. The summed E-state index contributed by atoms with van der Waals surface area (Å²) in [5.74, 6) is -0.641. The van der Waals surface area contributed by atoms with Crippen LogP contribution in [-0.2, 0) is 0 Å². The normalized spacial score (nSPS) is 10.7. The van der Waals surface area contributed by atoms with Crippen LogP contribution in [0.1, 0.15) is 9.67 Å². The van der Waals surface area contributed by atoms with E-state index in [1.54, 1.807) is 0 Å². The van der Waals surface area contributed by atoms with Crippen molar-refractivity contribution >= 4 is 39.0 Å². The minimum atomic E-state index is -0.539. The molecule has 100 valence electrons. The number of benzene rings is 2. The van der Waals surface area contributed by atoms with Crippen molar-refractivity contribution in [2.75, 3.05) is 0 Å². The number of hydrogen-bond acceptors (Lipinski definition) is 3. The van der Waals surface area contributed by atoms with E-state index < -0.39 is 5.97 Å². The molecule has 0 saturated carbocycles. The molecule has 3 aromatic rings. The smallest absolute Gasteiger partial charge is 0.355 e. The molecule has 2 aromatic carbocycles. The first-order chi connectivity index (χ1) is 9.65. The van der Waals surface area contributed by atoms with E-state index >= 15 is 0 Å². The Hall–Kier alpha value is -1.91. The molecule has 0 saturated heterocycles. The summed E-state index contributed by atoms with van der Waals surface area (Å²) in [6.45, 7) is 0. The van der Waals surface area contributed by atoms with Gasteiger partial charge in [0.15, 0.2) is 0 Å². The van der Waals surface area contributed by atoms with E-state index in [4.69, 9.17) is 16.3 Å². The highest BCUT2D eigenvalue weighted by atomic mass is 35.5. The summed E-state index contributed by atoms with van der Waals surface area (Å²) in [6, 6.07) is 12.7. The van der Waals surface area contributed by atoms with Gasteiger partial charge in [-0.2, -0.15) is 0 Å². The highest BCUT2D eigenvalue weighted by Gasteiger charge is 2.18. The van der Waals surface area contributed by atoms with Crippen molar-refractivity contribution in [2.24, 2.45) is 0 Å². The lowest BCUT2D eigenvalue weighted by Crippen LogP contribution is -2.06. The Labute approximate surface area is 123 Å². The van der Waals surface area contributed by atoms with Gasteiger partial charge in [0, 0.05) is 10.1 Å². The minimum Gasteiger partial charge on any atom is -0.422 e. The third-order valence-electron chi connectivity index (χ3n) is 2.74. The maximum absolute atomic E-state index is 12.8. The molecule has 0 aliphatic rings. The zero-order chi connectivity index (χ0) is 14.1. The predicted octanol–water partition coefficient (Wildman–Crippen LogP) is 4.91. The topological polar surface area (TPSA) is 26.3 Å². The second-order valence-electron chi connectivity index (χ2n) is 4.08. The van der Waals surface area contributed by atoms with Gasteiger partial charge in [-0.25, -0.2) is 9.18 Å². The molecule has 2 nitrogen and oxygen atoms in total. The summed E-state index contributed by atoms with van der Waals surface area (Å²) in [4.78, 5) is 12.4. The maximum Gasteiger partial charge on any atom is 0.355 e. The maximum atomic E-state index is 12.8. The van der Waals surface area contributed by atoms with Crippen LogP contribution in [0.5, 0.6) is 5.75 Å². The van der Waals surface area contributed by atoms with E-state index in [9.17, 15) is 9.18 Å². The molecule has 0 atom stereocenters. The Morgan fingerprint density at radius 2 is 1.80 bits per heavy atom. The van der Waals surface area contributed by atoms with Crippen molar-refractivity contribution in [1.82, 2.24) is 0 Å². The van der Waals surface area contributed by atoms with Gasteiger partial charge in [0.05, 0.1) is 5.02 Å². The lowest BCUT2D eigenvalue weighted by molar-refractivity contribution is 0.0740. The third-order valence-corrected chi connectivity index (χ3v) is 4.40. The van der Waals surface area contributed by atoms with Gasteiger partial charge < -0.3 is 4.74 Å². The third kappa shape index (κ3) is 2.40. The molecule has 0 aliphatic carbocycles. The van der Waals surface area contributed by atoms with E-state index in [2.05, 4.69) is 0 Å². The lowest BCUT2D eigenvalue weighted by atomic mass is 10.2. The lowest BCUT2D eigenvalue weighted by Gasteiger charge is -2.02. The molecule has 0 aliphatic heterocycles. The minimum absolute atomic E-state index is 0.282. The molecule has 3 rings (SSSR count). The quantitative estimate of drug-likeness (QED) is 0.496. The van der Waals surface area contributed by atoms with Crippen LogP contribution in [-0.4, -0.2) is 5.97 Å². The van der Waals surface area contributed by atoms with Crippen molar-refractivity contribution in [3.63, 3.8) is 0 Å². The Kier molecular flexibility index (Phi) is 3.42. The first kappa shape index (κ1) is 13.1. The fourth-order valence-corrected chi connectivity index (χ4v) is 3.19. The number of esters is 1. The van der Waals surface area contributed by atoms with Gasteiger partial charge >= 0.3 is 5.97 Å². The largest absolute Gasteiger partial charge is 0.422 e. The summed E-state index contributed by atoms with van der Waals surface area (Å²) in [7, 11) is 0. The standard InChI is InChI=1S/C15H8ClFO2S/c16-13-11-3-1-2-4-12(11)20-14(13)15(18)19-10-7-5-9(17)6-8-10/h1-8H. The van der Waals surface area contributed by atoms with Crippen LogP contribution in [0.4, 0.5) is 4.39 Å². The van der Waals surface area contributed by atoms with Crippen LogP contribution in [0.15, 0.2) is 48.5 Å². The molecule has 0 fully saturated rings. The van der Waals surface area contributed by atoms with Gasteiger partial charge in [-0.3, -0.25) is 0 Å². The Bertz CT molecular complexity index is 780. The Balaban J connectivity index is 1.92. The molecule has 1 heterocycles. The van der Waals surface area contributed by atoms with Crippen LogP contribution >= 0.6 is 22.9 Å². The number of carbonyl (C=O) groups excluding carboxylic acids is 1. The van der Waals surface area contributed by atoms with Gasteiger partial charge in [0.1, 0.15) is 16.4 Å². The number of hydrogen-bond donors (Lipinski definition) is 0. The zero-order valence-electron chi connectivity index (χ0n) is 10.1. The summed E-state index contributed by atoms with van der Waals surface area (Å²) in [5.41, 5.74) is 0. The second kappa shape index (κ2) is 5.23. The van der Waals surface area contributed by atoms with Crippen molar-refractivity contribution in [1.29, 1.82) is 0 Å². The van der Waals surface area contributed by atoms with Crippen LogP contribution in [0.25, 0.3) is 10.1 Å². The van der Waals surface area contributed by atoms with Crippen molar-refractivity contribution in [2.45, 2.75) is 0 Å². The SMILES string of the molecule is O=C(Oc1ccc(F)cc1)c1sc2ccccc2c1Cl. The summed E-state index contributed by atoms with van der Waals surface area (Å²) in [5, 5.41) is 1.21. The summed E-state index contributed by atoms with van der Waals surface area (Å²) in [6.07, 6.45) is 0. The van der Waals surface area contributed by atoms with Gasteiger partial charge in [-0.05, 0) is 30.3 Å². The predicted molar refractivity (Wildman–Crippen MR) is 78.2 cm³/mol. The van der Waals surface area contributed by atoms with Crippen molar-refractivity contribution in [3.8, 4) is 5.75 Å². The number of carbonyl (C=O) groups is 1. The number of fused-ring (bicyclic) bond motifs is 1. The van der Waals surface area contributed by atoms with Crippen LogP contribution < -0.4 is 4.74 Å². The number of halogens is 2. The number of thiophene rings is 1. The molecule has 0 unspecified atom stereocenters. The first-order valence-electron chi connectivity index (χ1n) is 5.80. The van der Waals surface area contributed by atoms with E-state index in [0.717, 1.165) is 10.1 Å². The molecule has 1 aromatic heterocycles. The molecular formula is C15H8ClFO2S. The Morgan fingerprint density at radius 3 is 2.50 bits per heavy atom.